The number of rotatable bonds is 4. The number of carbonyl (C=O) groups excluding carboxylic acids is 1. The highest BCUT2D eigenvalue weighted by molar-refractivity contribution is 5.96. The summed E-state index contributed by atoms with van der Waals surface area (Å²) in [6.45, 7) is 1.91. The van der Waals surface area contributed by atoms with Crippen molar-refractivity contribution in [3.63, 3.8) is 0 Å². The number of aliphatic carboxylic acids is 1. The van der Waals surface area contributed by atoms with E-state index in [1.54, 1.807) is 25.1 Å². The van der Waals surface area contributed by atoms with E-state index in [4.69, 9.17) is 9.47 Å². The van der Waals surface area contributed by atoms with Gasteiger partial charge in [-0.1, -0.05) is 48.5 Å². The Labute approximate surface area is 186 Å². The molecule has 0 aromatic heterocycles. The number of hydrogen-bond acceptors (Lipinski definition) is 4. The van der Waals surface area contributed by atoms with Gasteiger partial charge in [-0.25, -0.2) is 4.79 Å². The van der Waals surface area contributed by atoms with E-state index < -0.39 is 24.0 Å². The fraction of sp³-hybridized carbons (Fsp3) is 0.231. The van der Waals surface area contributed by atoms with Gasteiger partial charge in [-0.2, -0.15) is 0 Å². The van der Waals surface area contributed by atoms with E-state index in [1.807, 2.05) is 24.3 Å². The minimum absolute atomic E-state index is 0.0603. The molecule has 1 heterocycles. The molecule has 162 valence electrons. The summed E-state index contributed by atoms with van der Waals surface area (Å²) in [7, 11) is 1.53. The predicted octanol–water partition coefficient (Wildman–Crippen LogP) is 5.02. The Kier molecular flexibility index (Phi) is 4.85. The maximum atomic E-state index is 13.2. The van der Waals surface area contributed by atoms with Gasteiger partial charge in [0.05, 0.1) is 18.8 Å². The average molecular weight is 429 g/mol. The zero-order valence-electron chi connectivity index (χ0n) is 17.8. The molecule has 0 bridgehead atoms. The van der Waals surface area contributed by atoms with Crippen LogP contribution in [0.15, 0.2) is 66.7 Å². The molecule has 2 unspecified atom stereocenters. The first-order chi connectivity index (χ1) is 15.5. The number of fused-ring (bicyclic) bond motifs is 4. The summed E-state index contributed by atoms with van der Waals surface area (Å²) in [5.74, 6) is -1.34. The Morgan fingerprint density at radius 1 is 0.938 bits per heavy atom. The third kappa shape index (κ3) is 3.02. The van der Waals surface area contributed by atoms with Crippen LogP contribution >= 0.6 is 0 Å². The first-order valence-corrected chi connectivity index (χ1v) is 10.6. The number of methoxy groups -OCH3 is 1. The second kappa shape index (κ2) is 7.71. The smallest absolute Gasteiger partial charge is 0.414 e. The molecule has 6 nitrogen and oxygen atoms in total. The lowest BCUT2D eigenvalue weighted by Crippen LogP contribution is -2.39. The maximum Gasteiger partial charge on any atom is 0.414 e. The number of anilines is 1. The van der Waals surface area contributed by atoms with Gasteiger partial charge in [0.2, 0.25) is 0 Å². The molecule has 1 amide bonds. The summed E-state index contributed by atoms with van der Waals surface area (Å²) in [5, 5.41) is 9.79. The Morgan fingerprint density at radius 2 is 1.56 bits per heavy atom. The molecule has 1 aliphatic carbocycles. The summed E-state index contributed by atoms with van der Waals surface area (Å²) in [6.07, 6.45) is -0.547. The van der Waals surface area contributed by atoms with Crippen LogP contribution in [-0.4, -0.2) is 36.9 Å². The topological polar surface area (TPSA) is 76.1 Å². The standard InChI is InChI=1S/C26H23NO5/c1-15-24(25(28)29)21-13-16(31-2)11-12-23(21)27(15)26(30)32-14-22-19-9-5-3-7-17(19)18-8-4-6-10-20(18)22/h3-13,15,22,24H,14H2,1-2H3,(H,28,29). The first-order valence-electron chi connectivity index (χ1n) is 10.6. The largest absolute Gasteiger partial charge is 0.497 e. The number of nitrogens with zero attached hydrogens (tertiary/aromatic N) is 1. The number of amides is 1. The SMILES string of the molecule is COc1ccc2c(c1)C(C(=O)O)C(C)N2C(=O)OCC1c2ccccc2-c2ccccc21. The molecular formula is C26H23NO5. The van der Waals surface area contributed by atoms with Gasteiger partial charge in [-0.15, -0.1) is 0 Å². The highest BCUT2D eigenvalue weighted by Crippen LogP contribution is 2.46. The van der Waals surface area contributed by atoms with E-state index in [2.05, 4.69) is 24.3 Å². The van der Waals surface area contributed by atoms with Crippen molar-refractivity contribution in [3.05, 3.63) is 83.4 Å². The molecule has 3 aromatic carbocycles. The van der Waals surface area contributed by atoms with Crippen LogP contribution < -0.4 is 9.64 Å². The number of carboxylic acid groups (broad SMARTS) is 1. The van der Waals surface area contributed by atoms with Crippen molar-refractivity contribution < 1.29 is 24.2 Å². The molecule has 1 aliphatic heterocycles. The minimum atomic E-state index is -0.985. The zero-order valence-corrected chi connectivity index (χ0v) is 17.8. The van der Waals surface area contributed by atoms with Crippen LogP contribution in [0.3, 0.4) is 0 Å². The van der Waals surface area contributed by atoms with E-state index in [0.29, 0.717) is 17.0 Å². The van der Waals surface area contributed by atoms with E-state index >= 15 is 0 Å². The van der Waals surface area contributed by atoms with E-state index in [1.165, 1.54) is 12.0 Å². The molecule has 32 heavy (non-hydrogen) atoms. The van der Waals surface area contributed by atoms with Crippen molar-refractivity contribution in [2.45, 2.75) is 24.8 Å². The molecule has 0 radical (unpaired) electrons. The summed E-state index contributed by atoms with van der Waals surface area (Å²) >= 11 is 0. The van der Waals surface area contributed by atoms with Gasteiger partial charge >= 0.3 is 12.1 Å². The van der Waals surface area contributed by atoms with Crippen LogP contribution in [0.5, 0.6) is 5.75 Å². The van der Waals surface area contributed by atoms with Crippen molar-refractivity contribution in [1.29, 1.82) is 0 Å². The molecule has 2 atom stereocenters. The van der Waals surface area contributed by atoms with Gasteiger partial charge in [0.25, 0.3) is 0 Å². The van der Waals surface area contributed by atoms with Crippen LogP contribution in [0, 0.1) is 0 Å². The van der Waals surface area contributed by atoms with Gasteiger partial charge in [0.1, 0.15) is 18.3 Å². The molecule has 6 heteroatoms. The summed E-state index contributed by atoms with van der Waals surface area (Å²) in [4.78, 5) is 26.6. The predicted molar refractivity (Wildman–Crippen MR) is 120 cm³/mol. The van der Waals surface area contributed by atoms with Crippen LogP contribution in [-0.2, 0) is 9.53 Å². The van der Waals surface area contributed by atoms with Crippen LogP contribution in [0.25, 0.3) is 11.1 Å². The van der Waals surface area contributed by atoms with Gasteiger partial charge in [-0.3, -0.25) is 9.69 Å². The molecule has 3 aromatic rings. The van der Waals surface area contributed by atoms with Crippen LogP contribution in [0.1, 0.15) is 35.4 Å². The number of carbonyl (C=O) groups is 2. The zero-order chi connectivity index (χ0) is 22.4. The summed E-state index contributed by atoms with van der Waals surface area (Å²) < 4.78 is 11.1. The first kappa shape index (κ1) is 20.1. The number of hydrogen-bond donors (Lipinski definition) is 1. The van der Waals surface area contributed by atoms with Crippen LogP contribution in [0.4, 0.5) is 10.5 Å². The molecule has 5 rings (SSSR count). The lowest BCUT2D eigenvalue weighted by molar-refractivity contribution is -0.138. The summed E-state index contributed by atoms with van der Waals surface area (Å²) in [6, 6.07) is 20.8. The van der Waals surface area contributed by atoms with Gasteiger partial charge < -0.3 is 14.6 Å². The third-order valence-corrected chi connectivity index (χ3v) is 6.52. The van der Waals surface area contributed by atoms with Crippen molar-refractivity contribution in [3.8, 4) is 16.9 Å². The molecule has 2 aliphatic rings. The highest BCUT2D eigenvalue weighted by Gasteiger charge is 2.44. The molecule has 0 spiro atoms. The molecule has 0 saturated heterocycles. The second-order valence-corrected chi connectivity index (χ2v) is 8.16. The Balaban J connectivity index is 1.42. The quantitative estimate of drug-likeness (QED) is 0.630. The number of carboxylic acids is 1. The lowest BCUT2D eigenvalue weighted by Gasteiger charge is -2.24. The van der Waals surface area contributed by atoms with Gasteiger partial charge in [0, 0.05) is 5.92 Å². The lowest BCUT2D eigenvalue weighted by atomic mass is 9.96. The van der Waals surface area contributed by atoms with Gasteiger partial charge in [-0.05, 0) is 52.9 Å². The van der Waals surface area contributed by atoms with Crippen molar-refractivity contribution in [2.75, 3.05) is 18.6 Å². The Hall–Kier alpha value is -3.80. The average Bonchev–Trinajstić information content (AvgIpc) is 3.28. The molecular weight excluding hydrogens is 406 g/mol. The highest BCUT2D eigenvalue weighted by atomic mass is 16.6. The monoisotopic (exact) mass is 429 g/mol. The van der Waals surface area contributed by atoms with Crippen molar-refractivity contribution in [2.24, 2.45) is 0 Å². The maximum absolute atomic E-state index is 13.2. The molecule has 0 saturated carbocycles. The molecule has 1 N–H and O–H groups in total. The Morgan fingerprint density at radius 3 is 2.16 bits per heavy atom. The fourth-order valence-electron chi connectivity index (χ4n) is 5.02. The van der Waals surface area contributed by atoms with E-state index in [0.717, 1.165) is 22.3 Å². The van der Waals surface area contributed by atoms with Gasteiger partial charge in [0.15, 0.2) is 0 Å². The Bertz CT molecular complexity index is 1170. The van der Waals surface area contributed by atoms with E-state index in [9.17, 15) is 14.7 Å². The fourth-order valence-corrected chi connectivity index (χ4v) is 5.02. The summed E-state index contributed by atoms with van der Waals surface area (Å²) in [5.41, 5.74) is 5.67. The molecule has 0 fully saturated rings. The van der Waals surface area contributed by atoms with Crippen molar-refractivity contribution in [1.82, 2.24) is 0 Å². The van der Waals surface area contributed by atoms with Crippen LogP contribution in [0.2, 0.25) is 0 Å². The van der Waals surface area contributed by atoms with Crippen molar-refractivity contribution >= 4 is 17.7 Å². The second-order valence-electron chi connectivity index (χ2n) is 8.16. The number of benzene rings is 3. The normalized spacial score (nSPS) is 18.6. The van der Waals surface area contributed by atoms with E-state index in [-0.39, 0.29) is 12.5 Å². The number of ether oxygens (including phenoxy) is 2. The third-order valence-electron chi connectivity index (χ3n) is 6.52. The minimum Gasteiger partial charge on any atom is -0.497 e.